The van der Waals surface area contributed by atoms with Crippen LogP contribution in [0.3, 0.4) is 0 Å². The number of nitrogens with one attached hydrogen (secondary N) is 1. The Labute approximate surface area is 149 Å². The van der Waals surface area contributed by atoms with Crippen LogP contribution in [0.5, 0.6) is 0 Å². The summed E-state index contributed by atoms with van der Waals surface area (Å²) in [6.45, 7) is 2.02. The number of benzene rings is 1. The van der Waals surface area contributed by atoms with Crippen molar-refractivity contribution in [1.29, 1.82) is 0 Å². The molecule has 2 aromatic heterocycles. The van der Waals surface area contributed by atoms with Gasteiger partial charge in [-0.05, 0) is 42.8 Å². The number of carboxylic acids is 1. The maximum absolute atomic E-state index is 12.8. The Morgan fingerprint density at radius 1 is 1.20 bits per heavy atom. The van der Waals surface area contributed by atoms with Crippen LogP contribution in [0.4, 0.5) is 5.69 Å². The molecule has 2 N–H and O–H groups in total. The fourth-order valence-electron chi connectivity index (χ4n) is 2.61. The van der Waals surface area contributed by atoms with Crippen molar-refractivity contribution in [3.8, 4) is 0 Å². The number of carbonyl (C=O) groups excluding carboxylic acids is 1. The number of nitrogens with zero attached hydrogens (tertiary/aromatic N) is 2. The minimum Gasteiger partial charge on any atom is -0.478 e. The number of aryl methyl sites for hydroxylation is 1. The molecule has 0 fully saturated rings. The quantitative estimate of drug-likeness (QED) is 0.725. The van der Waals surface area contributed by atoms with E-state index >= 15 is 0 Å². The summed E-state index contributed by atoms with van der Waals surface area (Å²) in [6, 6.07) is 9.48. The number of aromatic nitrogens is 2. The first-order valence-corrected chi connectivity index (χ1v) is 8.18. The van der Waals surface area contributed by atoms with Crippen LogP contribution in [0.1, 0.15) is 39.9 Å². The third-order valence-corrected chi connectivity index (χ3v) is 3.97. The van der Waals surface area contributed by atoms with Crippen molar-refractivity contribution < 1.29 is 14.7 Å². The van der Waals surface area contributed by atoms with E-state index in [0.717, 1.165) is 6.42 Å². The van der Waals surface area contributed by atoms with E-state index in [1.165, 1.54) is 12.1 Å². The highest BCUT2D eigenvalue weighted by Crippen LogP contribution is 2.20. The van der Waals surface area contributed by atoms with E-state index in [9.17, 15) is 9.59 Å². The molecule has 0 bridgehead atoms. The van der Waals surface area contributed by atoms with Gasteiger partial charge in [0.15, 0.2) is 0 Å². The average Bonchev–Trinajstić information content (AvgIpc) is 2.93. The fourth-order valence-corrected chi connectivity index (χ4v) is 2.77. The van der Waals surface area contributed by atoms with E-state index in [1.807, 2.05) is 6.92 Å². The second-order valence-electron chi connectivity index (χ2n) is 5.57. The predicted octanol–water partition coefficient (Wildman–Crippen LogP) is 3.89. The number of imidazole rings is 1. The summed E-state index contributed by atoms with van der Waals surface area (Å²) in [7, 11) is 0. The summed E-state index contributed by atoms with van der Waals surface area (Å²) in [5, 5.41) is 12.2. The van der Waals surface area contributed by atoms with Crippen molar-refractivity contribution in [2.75, 3.05) is 5.32 Å². The molecule has 2 heterocycles. The van der Waals surface area contributed by atoms with E-state index < -0.39 is 5.97 Å². The molecule has 0 radical (unpaired) electrons. The molecule has 25 heavy (non-hydrogen) atoms. The minimum atomic E-state index is -1.01. The van der Waals surface area contributed by atoms with Crippen LogP contribution in [0.2, 0.25) is 5.02 Å². The second kappa shape index (κ2) is 6.94. The molecule has 0 aliphatic carbocycles. The Morgan fingerprint density at radius 3 is 2.56 bits per heavy atom. The van der Waals surface area contributed by atoms with Gasteiger partial charge in [-0.2, -0.15) is 0 Å². The monoisotopic (exact) mass is 357 g/mol. The lowest BCUT2D eigenvalue weighted by Gasteiger charge is -2.07. The number of hydrogen-bond acceptors (Lipinski definition) is 3. The van der Waals surface area contributed by atoms with E-state index in [4.69, 9.17) is 16.7 Å². The van der Waals surface area contributed by atoms with E-state index in [1.54, 1.807) is 34.9 Å². The SMILES string of the molecule is CCCc1nc2ccc(Cl)cn2c1C(=O)Nc1ccc(C(=O)O)cc1. The molecule has 1 amide bonds. The highest BCUT2D eigenvalue weighted by molar-refractivity contribution is 6.30. The Morgan fingerprint density at radius 2 is 1.92 bits per heavy atom. The van der Waals surface area contributed by atoms with E-state index in [0.29, 0.717) is 34.2 Å². The molecule has 0 aliphatic rings. The van der Waals surface area contributed by atoms with Gasteiger partial charge in [-0.1, -0.05) is 24.9 Å². The molecular weight excluding hydrogens is 342 g/mol. The maximum atomic E-state index is 12.8. The molecule has 0 saturated carbocycles. The van der Waals surface area contributed by atoms with E-state index in [2.05, 4.69) is 10.3 Å². The first-order valence-electron chi connectivity index (χ1n) is 7.80. The lowest BCUT2D eigenvalue weighted by molar-refractivity contribution is 0.0696. The number of carbonyl (C=O) groups is 2. The first kappa shape index (κ1) is 17.0. The molecule has 0 saturated heterocycles. The van der Waals surface area contributed by atoms with Crippen LogP contribution >= 0.6 is 11.6 Å². The summed E-state index contributed by atoms with van der Waals surface area (Å²) in [6.07, 6.45) is 3.18. The Bertz CT molecular complexity index is 948. The van der Waals surface area contributed by atoms with Gasteiger partial charge in [-0.3, -0.25) is 9.20 Å². The van der Waals surface area contributed by atoms with Gasteiger partial charge < -0.3 is 10.4 Å². The number of anilines is 1. The highest BCUT2D eigenvalue weighted by atomic mass is 35.5. The molecule has 1 aromatic carbocycles. The number of pyridine rings is 1. The van der Waals surface area contributed by atoms with Crippen LogP contribution in [0.25, 0.3) is 5.65 Å². The molecule has 7 heteroatoms. The summed E-state index contributed by atoms with van der Waals surface area (Å²) >= 11 is 6.05. The minimum absolute atomic E-state index is 0.159. The highest BCUT2D eigenvalue weighted by Gasteiger charge is 2.19. The number of amides is 1. The van der Waals surface area contributed by atoms with Crippen molar-refractivity contribution in [2.24, 2.45) is 0 Å². The molecule has 3 rings (SSSR count). The Hall–Kier alpha value is -2.86. The molecule has 3 aromatic rings. The fraction of sp³-hybridized carbons (Fsp3) is 0.167. The largest absolute Gasteiger partial charge is 0.478 e. The maximum Gasteiger partial charge on any atom is 0.335 e. The lowest BCUT2D eigenvalue weighted by Crippen LogP contribution is -2.16. The molecule has 128 valence electrons. The Balaban J connectivity index is 1.96. The number of halogens is 1. The van der Waals surface area contributed by atoms with Gasteiger partial charge in [-0.25, -0.2) is 9.78 Å². The van der Waals surface area contributed by atoms with Crippen molar-refractivity contribution in [3.63, 3.8) is 0 Å². The molecule has 0 spiro atoms. The van der Waals surface area contributed by atoms with Gasteiger partial charge in [-0.15, -0.1) is 0 Å². The Kier molecular flexibility index (Phi) is 4.72. The predicted molar refractivity (Wildman–Crippen MR) is 95.6 cm³/mol. The number of hydrogen-bond donors (Lipinski definition) is 2. The number of fused-ring (bicyclic) bond motifs is 1. The number of carboxylic acid groups (broad SMARTS) is 1. The van der Waals surface area contributed by atoms with Crippen molar-refractivity contribution in [1.82, 2.24) is 9.38 Å². The molecular formula is C18H16ClN3O3. The molecule has 0 atom stereocenters. The van der Waals surface area contributed by atoms with Crippen molar-refractivity contribution in [2.45, 2.75) is 19.8 Å². The standard InChI is InChI=1S/C18H16ClN3O3/c1-2-3-14-16(22-10-12(19)6-9-15(22)21-14)17(23)20-13-7-4-11(5-8-13)18(24)25/h4-10H,2-3H2,1H3,(H,20,23)(H,24,25). The molecule has 0 unspecified atom stereocenters. The van der Waals surface area contributed by atoms with Crippen LogP contribution in [0.15, 0.2) is 42.6 Å². The zero-order valence-electron chi connectivity index (χ0n) is 13.5. The average molecular weight is 358 g/mol. The van der Waals surface area contributed by atoms with Crippen LogP contribution in [-0.4, -0.2) is 26.4 Å². The van der Waals surface area contributed by atoms with Gasteiger partial charge in [0.05, 0.1) is 16.3 Å². The topological polar surface area (TPSA) is 83.7 Å². The first-order chi connectivity index (χ1) is 12.0. The van der Waals surface area contributed by atoms with Gasteiger partial charge >= 0.3 is 5.97 Å². The van der Waals surface area contributed by atoms with Crippen LogP contribution in [0, 0.1) is 0 Å². The zero-order valence-corrected chi connectivity index (χ0v) is 14.2. The van der Waals surface area contributed by atoms with Gasteiger partial charge in [0.2, 0.25) is 0 Å². The molecule has 6 nitrogen and oxygen atoms in total. The third kappa shape index (κ3) is 3.49. The van der Waals surface area contributed by atoms with Gasteiger partial charge in [0, 0.05) is 11.9 Å². The summed E-state index contributed by atoms with van der Waals surface area (Å²) in [5.74, 6) is -1.33. The normalized spacial score (nSPS) is 10.8. The van der Waals surface area contributed by atoms with Gasteiger partial charge in [0.1, 0.15) is 11.3 Å². The zero-order chi connectivity index (χ0) is 18.0. The smallest absolute Gasteiger partial charge is 0.335 e. The number of aromatic carboxylic acids is 1. The third-order valence-electron chi connectivity index (χ3n) is 3.75. The van der Waals surface area contributed by atoms with E-state index in [-0.39, 0.29) is 11.5 Å². The van der Waals surface area contributed by atoms with Gasteiger partial charge in [0.25, 0.3) is 5.91 Å². The molecule has 0 aliphatic heterocycles. The summed E-state index contributed by atoms with van der Waals surface area (Å²) in [4.78, 5) is 28.2. The summed E-state index contributed by atoms with van der Waals surface area (Å²) in [5.41, 5.74) is 2.45. The van der Waals surface area contributed by atoms with Crippen LogP contribution in [-0.2, 0) is 6.42 Å². The number of rotatable bonds is 5. The summed E-state index contributed by atoms with van der Waals surface area (Å²) < 4.78 is 1.67. The van der Waals surface area contributed by atoms with Crippen molar-refractivity contribution >= 4 is 34.8 Å². The van der Waals surface area contributed by atoms with Crippen molar-refractivity contribution in [3.05, 3.63) is 64.6 Å². The van der Waals surface area contributed by atoms with Crippen LogP contribution < -0.4 is 5.32 Å². The second-order valence-corrected chi connectivity index (χ2v) is 6.01. The lowest BCUT2D eigenvalue weighted by atomic mass is 10.2.